The molecule has 0 heterocycles. The van der Waals surface area contributed by atoms with Crippen LogP contribution in [0.3, 0.4) is 0 Å². The molecule has 0 aliphatic heterocycles. The van der Waals surface area contributed by atoms with Crippen molar-refractivity contribution in [1.82, 2.24) is 0 Å². The molecule has 0 fully saturated rings. The zero-order chi connectivity index (χ0) is 15.4. The van der Waals surface area contributed by atoms with Gasteiger partial charge in [0.15, 0.2) is 0 Å². The lowest BCUT2D eigenvalue weighted by Gasteiger charge is -2.20. The van der Waals surface area contributed by atoms with Crippen molar-refractivity contribution in [2.45, 2.75) is 61.0 Å². The van der Waals surface area contributed by atoms with E-state index in [1.54, 1.807) is 0 Å². The first-order valence-electron chi connectivity index (χ1n) is 7.39. The number of hydrogen-bond acceptors (Lipinski definition) is 2. The van der Waals surface area contributed by atoms with Crippen molar-refractivity contribution >= 4 is 5.97 Å². The molecule has 0 aromatic heterocycles. The molecule has 2 nitrogen and oxygen atoms in total. The molecule has 20 heavy (non-hydrogen) atoms. The Morgan fingerprint density at radius 2 is 1.50 bits per heavy atom. The highest BCUT2D eigenvalue weighted by molar-refractivity contribution is 5.75. The average molecular weight is 276 g/mol. The maximum Gasteiger partial charge on any atom is 0.311 e. The van der Waals surface area contributed by atoms with E-state index in [0.29, 0.717) is 12.0 Å². The van der Waals surface area contributed by atoms with Crippen molar-refractivity contribution in [3.05, 3.63) is 35.4 Å². The first-order chi connectivity index (χ1) is 9.14. The van der Waals surface area contributed by atoms with E-state index in [-0.39, 0.29) is 5.97 Å². The second-order valence-electron chi connectivity index (χ2n) is 7.37. The van der Waals surface area contributed by atoms with Gasteiger partial charge in [0.25, 0.3) is 0 Å². The van der Waals surface area contributed by atoms with Gasteiger partial charge < -0.3 is 4.74 Å². The van der Waals surface area contributed by atoms with Crippen molar-refractivity contribution < 1.29 is 9.53 Å². The lowest BCUT2D eigenvalue weighted by molar-refractivity contribution is -0.155. The Bertz CT molecular complexity index is 435. The fraction of sp³-hybridized carbons (Fsp3) is 0.611. The molecule has 112 valence electrons. The maximum atomic E-state index is 11.9. The number of rotatable bonds is 5. The smallest absolute Gasteiger partial charge is 0.311 e. The predicted octanol–water partition coefficient (Wildman–Crippen LogP) is 4.75. The number of hydrogen-bond donors (Lipinski definition) is 0. The molecule has 0 aliphatic rings. The Balaban J connectivity index is 2.56. The van der Waals surface area contributed by atoms with Gasteiger partial charge in [-0.15, -0.1) is 0 Å². The topological polar surface area (TPSA) is 26.3 Å². The third-order valence-corrected chi connectivity index (χ3v) is 3.56. The van der Waals surface area contributed by atoms with Crippen LogP contribution in [0.2, 0.25) is 0 Å². The summed E-state index contributed by atoms with van der Waals surface area (Å²) in [5, 5.41) is 0. The zero-order valence-corrected chi connectivity index (χ0v) is 13.7. The van der Waals surface area contributed by atoms with Gasteiger partial charge in [-0.1, -0.05) is 52.0 Å². The van der Waals surface area contributed by atoms with E-state index in [2.05, 4.69) is 32.9 Å². The van der Waals surface area contributed by atoms with Crippen LogP contribution in [0.25, 0.3) is 0 Å². The monoisotopic (exact) mass is 276 g/mol. The third-order valence-electron chi connectivity index (χ3n) is 3.56. The molecule has 0 radical (unpaired) electrons. The van der Waals surface area contributed by atoms with Crippen LogP contribution in [0.1, 0.15) is 59.1 Å². The SMILES string of the molecule is CCC(C)(C)C(=O)OCc1ccc(CC(C)(C)C)cc1. The summed E-state index contributed by atoms with van der Waals surface area (Å²) >= 11 is 0. The Morgan fingerprint density at radius 1 is 1.00 bits per heavy atom. The summed E-state index contributed by atoms with van der Waals surface area (Å²) in [6, 6.07) is 8.35. The number of carbonyl (C=O) groups is 1. The van der Waals surface area contributed by atoms with Gasteiger partial charge in [-0.25, -0.2) is 0 Å². The number of benzene rings is 1. The second-order valence-corrected chi connectivity index (χ2v) is 7.37. The summed E-state index contributed by atoms with van der Waals surface area (Å²) in [5.41, 5.74) is 2.26. The van der Waals surface area contributed by atoms with E-state index < -0.39 is 5.41 Å². The van der Waals surface area contributed by atoms with Gasteiger partial charge in [0, 0.05) is 0 Å². The van der Waals surface area contributed by atoms with Crippen LogP contribution in [0.4, 0.5) is 0 Å². The highest BCUT2D eigenvalue weighted by atomic mass is 16.5. The molecule has 0 N–H and O–H groups in total. The number of ether oxygens (including phenoxy) is 1. The molecule has 1 rings (SSSR count). The van der Waals surface area contributed by atoms with E-state index in [9.17, 15) is 4.79 Å². The second kappa shape index (κ2) is 6.43. The summed E-state index contributed by atoms with van der Waals surface area (Å²) < 4.78 is 5.39. The first-order valence-corrected chi connectivity index (χ1v) is 7.39. The standard InChI is InChI=1S/C18H28O2/c1-7-18(5,6)16(19)20-13-15-10-8-14(9-11-15)12-17(2,3)4/h8-11H,7,12-13H2,1-6H3. The van der Waals surface area contributed by atoms with E-state index in [0.717, 1.165) is 18.4 Å². The van der Waals surface area contributed by atoms with E-state index >= 15 is 0 Å². The third kappa shape index (κ3) is 5.36. The molecular weight excluding hydrogens is 248 g/mol. The molecule has 0 spiro atoms. The van der Waals surface area contributed by atoms with Gasteiger partial charge in [-0.2, -0.15) is 0 Å². The molecule has 0 saturated carbocycles. The van der Waals surface area contributed by atoms with Crippen LogP contribution in [0, 0.1) is 10.8 Å². The summed E-state index contributed by atoms with van der Waals surface area (Å²) in [6.07, 6.45) is 1.84. The van der Waals surface area contributed by atoms with Gasteiger partial charge in [-0.3, -0.25) is 4.79 Å². The zero-order valence-electron chi connectivity index (χ0n) is 13.7. The molecule has 0 atom stereocenters. The van der Waals surface area contributed by atoms with E-state index in [1.807, 2.05) is 32.9 Å². The molecule has 0 amide bonds. The summed E-state index contributed by atoms with van der Waals surface area (Å²) in [6.45, 7) is 12.9. The van der Waals surface area contributed by atoms with E-state index in [1.165, 1.54) is 5.56 Å². The lowest BCUT2D eigenvalue weighted by Crippen LogP contribution is -2.25. The molecule has 2 heteroatoms. The molecular formula is C18H28O2. The molecule has 0 unspecified atom stereocenters. The van der Waals surface area contributed by atoms with Crippen molar-refractivity contribution in [2.24, 2.45) is 10.8 Å². The molecule has 0 saturated heterocycles. The van der Waals surface area contributed by atoms with Gasteiger partial charge in [0.1, 0.15) is 6.61 Å². The normalized spacial score (nSPS) is 12.3. The van der Waals surface area contributed by atoms with Gasteiger partial charge in [0.05, 0.1) is 5.41 Å². The fourth-order valence-electron chi connectivity index (χ4n) is 1.85. The fourth-order valence-corrected chi connectivity index (χ4v) is 1.85. The minimum Gasteiger partial charge on any atom is -0.460 e. The van der Waals surface area contributed by atoms with Crippen molar-refractivity contribution in [3.8, 4) is 0 Å². The Labute approximate surface area is 123 Å². The molecule has 0 bridgehead atoms. The van der Waals surface area contributed by atoms with E-state index in [4.69, 9.17) is 4.74 Å². The lowest BCUT2D eigenvalue weighted by atomic mass is 9.88. The van der Waals surface area contributed by atoms with Crippen LogP contribution in [-0.4, -0.2) is 5.97 Å². The Morgan fingerprint density at radius 3 is 1.95 bits per heavy atom. The van der Waals surface area contributed by atoms with Crippen LogP contribution in [0.5, 0.6) is 0 Å². The largest absolute Gasteiger partial charge is 0.460 e. The predicted molar refractivity (Wildman–Crippen MR) is 83.5 cm³/mol. The van der Waals surface area contributed by atoms with Crippen LogP contribution < -0.4 is 0 Å². The van der Waals surface area contributed by atoms with Crippen LogP contribution >= 0.6 is 0 Å². The maximum absolute atomic E-state index is 11.9. The highest BCUT2D eigenvalue weighted by Crippen LogP contribution is 2.23. The minimum absolute atomic E-state index is 0.126. The average Bonchev–Trinajstić information content (AvgIpc) is 2.35. The highest BCUT2D eigenvalue weighted by Gasteiger charge is 2.26. The minimum atomic E-state index is -0.397. The van der Waals surface area contributed by atoms with Crippen molar-refractivity contribution in [1.29, 1.82) is 0 Å². The number of esters is 1. The van der Waals surface area contributed by atoms with Crippen molar-refractivity contribution in [3.63, 3.8) is 0 Å². The molecule has 1 aromatic rings. The molecule has 0 aliphatic carbocycles. The Kier molecular flexibility index (Phi) is 5.38. The van der Waals surface area contributed by atoms with Crippen molar-refractivity contribution in [2.75, 3.05) is 0 Å². The van der Waals surface area contributed by atoms with Crippen LogP contribution in [0.15, 0.2) is 24.3 Å². The van der Waals surface area contributed by atoms with Gasteiger partial charge in [0.2, 0.25) is 0 Å². The summed E-state index contributed by atoms with van der Waals surface area (Å²) in [7, 11) is 0. The first kappa shape index (κ1) is 16.7. The van der Waals surface area contributed by atoms with Gasteiger partial charge >= 0.3 is 5.97 Å². The number of carbonyl (C=O) groups excluding carboxylic acids is 1. The molecule has 1 aromatic carbocycles. The quantitative estimate of drug-likeness (QED) is 0.725. The Hall–Kier alpha value is -1.31. The van der Waals surface area contributed by atoms with Gasteiger partial charge in [-0.05, 0) is 43.2 Å². The summed E-state index contributed by atoms with van der Waals surface area (Å²) in [4.78, 5) is 11.9. The van der Waals surface area contributed by atoms with Crippen LogP contribution in [-0.2, 0) is 22.6 Å². The summed E-state index contributed by atoms with van der Waals surface area (Å²) in [5.74, 6) is -0.126.